The molecule has 1 heterocycles. The van der Waals surface area contributed by atoms with Crippen LogP contribution in [0.4, 0.5) is 5.69 Å². The Morgan fingerprint density at radius 1 is 1.15 bits per heavy atom. The first kappa shape index (κ1) is 8.81. The molecule has 66 valence electrons. The van der Waals surface area contributed by atoms with E-state index in [1.54, 1.807) is 0 Å². The molecule has 0 fully saturated rings. The Morgan fingerprint density at radius 3 is 2.69 bits per heavy atom. The summed E-state index contributed by atoms with van der Waals surface area (Å²) >= 11 is 2.36. The van der Waals surface area contributed by atoms with Gasteiger partial charge in [0.1, 0.15) is 0 Å². The number of halogens is 1. The normalized spacial score (nSPS) is 15.0. The molecule has 0 radical (unpaired) electrons. The molecule has 1 nitrogen and oxygen atoms in total. The Balaban J connectivity index is 2.30. The number of para-hydroxylation sites is 1. The minimum absolute atomic E-state index is 0.969. The van der Waals surface area contributed by atoms with Crippen molar-refractivity contribution in [1.82, 2.24) is 0 Å². The molecule has 13 heavy (non-hydrogen) atoms. The van der Waals surface area contributed by atoms with E-state index in [1.807, 2.05) is 0 Å². The van der Waals surface area contributed by atoms with Crippen molar-refractivity contribution in [2.45, 2.75) is 0 Å². The lowest BCUT2D eigenvalue weighted by molar-refractivity contribution is 1.07. The number of rotatable bonds is 1. The van der Waals surface area contributed by atoms with Crippen LogP contribution in [0.15, 0.2) is 48.7 Å². The topological polar surface area (TPSA) is 3.24 Å². The Kier molecular flexibility index (Phi) is 2.68. The average Bonchev–Trinajstić information content (AvgIpc) is 2.20. The van der Waals surface area contributed by atoms with Crippen molar-refractivity contribution >= 4 is 28.3 Å². The summed E-state index contributed by atoms with van der Waals surface area (Å²) in [6.45, 7) is 0.969. The van der Waals surface area contributed by atoms with Crippen molar-refractivity contribution in [1.29, 1.82) is 0 Å². The summed E-state index contributed by atoms with van der Waals surface area (Å²) in [6.07, 6.45) is 8.40. The molecule has 0 amide bonds. The van der Waals surface area contributed by atoms with Gasteiger partial charge in [0, 0.05) is 16.3 Å². The van der Waals surface area contributed by atoms with E-state index in [0.29, 0.717) is 0 Å². The SMILES string of the molecule is Ic1ccccc1N1C=CC=CC1. The summed E-state index contributed by atoms with van der Waals surface area (Å²) in [6, 6.07) is 8.41. The fraction of sp³-hybridized carbons (Fsp3) is 0.0909. The summed E-state index contributed by atoms with van der Waals surface area (Å²) in [7, 11) is 0. The number of anilines is 1. The molecular formula is C11H10IN. The summed E-state index contributed by atoms with van der Waals surface area (Å²) in [5.74, 6) is 0. The molecule has 0 spiro atoms. The standard InChI is InChI=1S/C11H10IN/c12-10-6-2-3-7-11(10)13-8-4-1-5-9-13/h1-8H,9H2. The Labute approximate surface area is 91.9 Å². The summed E-state index contributed by atoms with van der Waals surface area (Å²) in [5, 5.41) is 0. The zero-order valence-electron chi connectivity index (χ0n) is 7.15. The molecule has 0 saturated heterocycles. The van der Waals surface area contributed by atoms with E-state index in [-0.39, 0.29) is 0 Å². The van der Waals surface area contributed by atoms with E-state index in [1.165, 1.54) is 9.26 Å². The van der Waals surface area contributed by atoms with Crippen LogP contribution in [-0.2, 0) is 0 Å². The van der Waals surface area contributed by atoms with Crippen LogP contribution < -0.4 is 4.90 Å². The van der Waals surface area contributed by atoms with Crippen molar-refractivity contribution in [3.8, 4) is 0 Å². The summed E-state index contributed by atoms with van der Waals surface area (Å²) in [5.41, 5.74) is 1.28. The summed E-state index contributed by atoms with van der Waals surface area (Å²) in [4.78, 5) is 2.24. The second-order valence-corrected chi connectivity index (χ2v) is 4.04. The minimum atomic E-state index is 0.969. The van der Waals surface area contributed by atoms with E-state index >= 15 is 0 Å². The van der Waals surface area contributed by atoms with Crippen molar-refractivity contribution < 1.29 is 0 Å². The van der Waals surface area contributed by atoms with Gasteiger partial charge in [0.2, 0.25) is 0 Å². The number of hydrogen-bond acceptors (Lipinski definition) is 1. The lowest BCUT2D eigenvalue weighted by Gasteiger charge is -2.21. The van der Waals surface area contributed by atoms with Crippen LogP contribution >= 0.6 is 22.6 Å². The van der Waals surface area contributed by atoms with E-state index < -0.39 is 0 Å². The van der Waals surface area contributed by atoms with Crippen LogP contribution in [0.5, 0.6) is 0 Å². The second-order valence-electron chi connectivity index (χ2n) is 2.87. The van der Waals surface area contributed by atoms with Gasteiger partial charge in [-0.2, -0.15) is 0 Å². The third kappa shape index (κ3) is 1.94. The first-order valence-electron chi connectivity index (χ1n) is 4.22. The Hall–Kier alpha value is -0.770. The molecule has 1 aromatic rings. The molecular weight excluding hydrogens is 273 g/mol. The first-order chi connectivity index (χ1) is 6.38. The van der Waals surface area contributed by atoms with E-state index in [0.717, 1.165) is 6.54 Å². The fourth-order valence-electron chi connectivity index (χ4n) is 1.33. The molecule has 1 aromatic carbocycles. The zero-order chi connectivity index (χ0) is 9.10. The van der Waals surface area contributed by atoms with Crippen LogP contribution in [-0.4, -0.2) is 6.54 Å². The molecule has 0 atom stereocenters. The third-order valence-electron chi connectivity index (χ3n) is 1.98. The Bertz CT molecular complexity index is 355. The van der Waals surface area contributed by atoms with Crippen LogP contribution in [0.25, 0.3) is 0 Å². The van der Waals surface area contributed by atoms with Gasteiger partial charge in [-0.3, -0.25) is 0 Å². The quantitative estimate of drug-likeness (QED) is 0.715. The van der Waals surface area contributed by atoms with Crippen LogP contribution in [0.1, 0.15) is 0 Å². The van der Waals surface area contributed by atoms with Crippen molar-refractivity contribution in [2.24, 2.45) is 0 Å². The predicted octanol–water partition coefficient (Wildman–Crippen LogP) is 3.18. The maximum atomic E-state index is 2.36. The van der Waals surface area contributed by atoms with Crippen molar-refractivity contribution in [2.75, 3.05) is 11.4 Å². The molecule has 0 unspecified atom stereocenters. The molecule has 0 aliphatic carbocycles. The predicted molar refractivity (Wildman–Crippen MR) is 64.8 cm³/mol. The van der Waals surface area contributed by atoms with Gasteiger partial charge in [0.15, 0.2) is 0 Å². The monoisotopic (exact) mass is 283 g/mol. The number of allylic oxidation sites excluding steroid dienone is 2. The highest BCUT2D eigenvalue weighted by Crippen LogP contribution is 2.23. The van der Waals surface area contributed by atoms with Gasteiger partial charge in [-0.1, -0.05) is 24.3 Å². The van der Waals surface area contributed by atoms with Gasteiger partial charge in [0.05, 0.1) is 5.69 Å². The zero-order valence-corrected chi connectivity index (χ0v) is 9.31. The van der Waals surface area contributed by atoms with Crippen LogP contribution in [0, 0.1) is 3.57 Å². The highest BCUT2D eigenvalue weighted by molar-refractivity contribution is 14.1. The largest absolute Gasteiger partial charge is 0.343 e. The molecule has 2 rings (SSSR count). The van der Waals surface area contributed by atoms with Gasteiger partial charge >= 0.3 is 0 Å². The smallest absolute Gasteiger partial charge is 0.0544 e. The van der Waals surface area contributed by atoms with E-state index in [9.17, 15) is 0 Å². The molecule has 1 aliphatic rings. The molecule has 1 aliphatic heterocycles. The number of nitrogens with zero attached hydrogens (tertiary/aromatic N) is 1. The highest BCUT2D eigenvalue weighted by atomic mass is 127. The van der Waals surface area contributed by atoms with E-state index in [4.69, 9.17) is 0 Å². The Morgan fingerprint density at radius 2 is 2.00 bits per heavy atom. The molecule has 0 saturated carbocycles. The maximum absolute atomic E-state index is 2.36. The summed E-state index contributed by atoms with van der Waals surface area (Å²) < 4.78 is 1.29. The van der Waals surface area contributed by atoms with Gasteiger partial charge in [0.25, 0.3) is 0 Å². The van der Waals surface area contributed by atoms with Crippen LogP contribution in [0.3, 0.4) is 0 Å². The third-order valence-corrected chi connectivity index (χ3v) is 2.89. The number of hydrogen-bond donors (Lipinski definition) is 0. The van der Waals surface area contributed by atoms with Crippen molar-refractivity contribution in [3.05, 3.63) is 52.3 Å². The van der Waals surface area contributed by atoms with Gasteiger partial charge < -0.3 is 4.90 Å². The lowest BCUT2D eigenvalue weighted by atomic mass is 10.2. The van der Waals surface area contributed by atoms with Gasteiger partial charge in [-0.05, 0) is 40.8 Å². The van der Waals surface area contributed by atoms with Gasteiger partial charge in [-0.25, -0.2) is 0 Å². The average molecular weight is 283 g/mol. The molecule has 0 aromatic heterocycles. The van der Waals surface area contributed by atoms with Gasteiger partial charge in [-0.15, -0.1) is 0 Å². The maximum Gasteiger partial charge on any atom is 0.0544 e. The second kappa shape index (κ2) is 3.96. The molecule has 0 bridgehead atoms. The first-order valence-corrected chi connectivity index (χ1v) is 5.30. The lowest BCUT2D eigenvalue weighted by Crippen LogP contribution is -2.18. The highest BCUT2D eigenvalue weighted by Gasteiger charge is 2.05. The minimum Gasteiger partial charge on any atom is -0.343 e. The van der Waals surface area contributed by atoms with Crippen molar-refractivity contribution in [3.63, 3.8) is 0 Å². The fourth-order valence-corrected chi connectivity index (χ4v) is 2.03. The van der Waals surface area contributed by atoms with E-state index in [2.05, 4.69) is 76.2 Å². The molecule has 2 heteroatoms. The molecule has 0 N–H and O–H groups in total. The number of benzene rings is 1. The van der Waals surface area contributed by atoms with Crippen LogP contribution in [0.2, 0.25) is 0 Å².